The monoisotopic (exact) mass is 552 g/mol. The van der Waals surface area contributed by atoms with Crippen molar-refractivity contribution < 1.29 is 18.0 Å². The number of hydrogen-bond acceptors (Lipinski definition) is 5. The third-order valence-corrected chi connectivity index (χ3v) is 10.2. The van der Waals surface area contributed by atoms with Crippen LogP contribution in [0.25, 0.3) is 0 Å². The Morgan fingerprint density at radius 3 is 2.56 bits per heavy atom. The summed E-state index contributed by atoms with van der Waals surface area (Å²) >= 11 is 0. The summed E-state index contributed by atoms with van der Waals surface area (Å²) in [5.41, 5.74) is 4.69. The summed E-state index contributed by atoms with van der Waals surface area (Å²) in [7, 11) is -3.92. The summed E-state index contributed by atoms with van der Waals surface area (Å²) in [6.45, 7) is 5.72. The molecular weight excluding hydrogens is 512 g/mol. The number of carbonyl (C=O) groups is 2. The van der Waals surface area contributed by atoms with Gasteiger partial charge >= 0.3 is 0 Å². The molecule has 0 radical (unpaired) electrons. The average molecular weight is 553 g/mol. The second-order valence-corrected chi connectivity index (χ2v) is 13.0. The Hall–Kier alpha value is -2.75. The van der Waals surface area contributed by atoms with E-state index in [1.54, 1.807) is 24.3 Å². The van der Waals surface area contributed by atoms with E-state index < -0.39 is 22.0 Å². The molecule has 2 heterocycles. The number of piperidine rings is 1. The number of nitrogens with zero attached hydrogens (tertiary/aromatic N) is 2. The highest BCUT2D eigenvalue weighted by Crippen LogP contribution is 2.31. The molecule has 0 saturated carbocycles. The van der Waals surface area contributed by atoms with Crippen LogP contribution in [0.2, 0.25) is 0 Å². The Kier molecular flexibility index (Phi) is 8.69. The highest BCUT2D eigenvalue weighted by molar-refractivity contribution is 7.89. The van der Waals surface area contributed by atoms with Crippen LogP contribution in [-0.2, 0) is 32.5 Å². The summed E-state index contributed by atoms with van der Waals surface area (Å²) in [4.78, 5) is 28.7. The number of piperazine rings is 1. The summed E-state index contributed by atoms with van der Waals surface area (Å²) in [6, 6.07) is 12.0. The molecule has 1 aliphatic carbocycles. The Morgan fingerprint density at radius 2 is 1.79 bits per heavy atom. The van der Waals surface area contributed by atoms with Gasteiger partial charge in [0.05, 0.1) is 17.4 Å². The van der Waals surface area contributed by atoms with Gasteiger partial charge in [-0.3, -0.25) is 9.59 Å². The lowest BCUT2D eigenvalue weighted by Crippen LogP contribution is -2.58. The minimum Gasteiger partial charge on any atom is -0.353 e. The van der Waals surface area contributed by atoms with Gasteiger partial charge in [-0.25, -0.2) is 8.42 Å². The molecule has 39 heavy (non-hydrogen) atoms. The molecule has 8 nitrogen and oxygen atoms in total. The van der Waals surface area contributed by atoms with E-state index in [0.29, 0.717) is 0 Å². The van der Waals surface area contributed by atoms with Crippen LogP contribution in [0.15, 0.2) is 47.4 Å². The molecular formula is C30H40N4O4S. The van der Waals surface area contributed by atoms with Gasteiger partial charge in [0.1, 0.15) is 6.04 Å². The maximum atomic E-state index is 13.4. The molecule has 210 valence electrons. The van der Waals surface area contributed by atoms with Gasteiger partial charge in [0.25, 0.3) is 0 Å². The molecule has 2 aromatic rings. The number of carbonyl (C=O) groups excluding carboxylic acids is 2. The summed E-state index contributed by atoms with van der Waals surface area (Å²) < 4.78 is 28.0. The Morgan fingerprint density at radius 1 is 1.03 bits per heavy atom. The summed E-state index contributed by atoms with van der Waals surface area (Å²) in [5, 5.41) is 5.85. The molecule has 0 aromatic heterocycles. The SMILES string of the molecule is Cc1ccc(S(=O)(=O)N2CCNC(=O)C2CC(=O)NC2CCCc3cc(CCN4CCCCC4)ccc32)cc1. The largest absolute Gasteiger partial charge is 0.353 e. The molecule has 2 unspecified atom stereocenters. The van der Waals surface area contributed by atoms with Crippen LogP contribution in [0.5, 0.6) is 0 Å². The first kappa shape index (κ1) is 27.8. The second kappa shape index (κ2) is 12.2. The van der Waals surface area contributed by atoms with E-state index in [1.807, 2.05) is 6.92 Å². The lowest BCUT2D eigenvalue weighted by atomic mass is 9.86. The molecule has 3 aliphatic rings. The molecule has 2 N–H and O–H groups in total. The van der Waals surface area contributed by atoms with Crippen molar-refractivity contribution >= 4 is 21.8 Å². The predicted octanol–water partition coefficient (Wildman–Crippen LogP) is 3.10. The fourth-order valence-corrected chi connectivity index (χ4v) is 7.68. The number of rotatable bonds is 8. The van der Waals surface area contributed by atoms with Crippen molar-refractivity contribution in [3.8, 4) is 0 Å². The van der Waals surface area contributed by atoms with Crippen molar-refractivity contribution in [3.63, 3.8) is 0 Å². The Balaban J connectivity index is 1.24. The van der Waals surface area contributed by atoms with Crippen LogP contribution in [0.4, 0.5) is 0 Å². The van der Waals surface area contributed by atoms with E-state index in [2.05, 4.69) is 33.7 Å². The zero-order valence-electron chi connectivity index (χ0n) is 22.8. The first-order chi connectivity index (χ1) is 18.8. The van der Waals surface area contributed by atoms with Crippen molar-refractivity contribution in [2.24, 2.45) is 0 Å². The van der Waals surface area contributed by atoms with E-state index in [0.717, 1.165) is 43.4 Å². The fraction of sp³-hybridized carbons (Fsp3) is 0.533. The molecule has 0 spiro atoms. The van der Waals surface area contributed by atoms with Crippen LogP contribution in [0, 0.1) is 6.92 Å². The van der Waals surface area contributed by atoms with Crippen molar-refractivity contribution in [1.82, 2.24) is 19.8 Å². The fourth-order valence-electron chi connectivity index (χ4n) is 6.09. The van der Waals surface area contributed by atoms with Crippen LogP contribution in [-0.4, -0.2) is 68.2 Å². The molecule has 9 heteroatoms. The minimum atomic E-state index is -3.92. The number of fused-ring (bicyclic) bond motifs is 1. The number of likely N-dealkylation sites (tertiary alicyclic amines) is 1. The Labute approximate surface area is 232 Å². The van der Waals surface area contributed by atoms with Crippen molar-refractivity contribution in [2.75, 3.05) is 32.7 Å². The van der Waals surface area contributed by atoms with Gasteiger partial charge in [-0.05, 0) is 87.4 Å². The molecule has 0 bridgehead atoms. The van der Waals surface area contributed by atoms with Gasteiger partial charge in [-0.15, -0.1) is 0 Å². The maximum Gasteiger partial charge on any atom is 0.243 e. The molecule has 2 saturated heterocycles. The van der Waals surface area contributed by atoms with Crippen LogP contribution in [0.3, 0.4) is 0 Å². The first-order valence-corrected chi connectivity index (χ1v) is 15.7. The number of aryl methyl sites for hydroxylation is 2. The zero-order chi connectivity index (χ0) is 27.4. The van der Waals surface area contributed by atoms with Gasteiger partial charge in [0, 0.05) is 19.6 Å². The summed E-state index contributed by atoms with van der Waals surface area (Å²) in [5.74, 6) is -0.748. The quantitative estimate of drug-likeness (QED) is 0.525. The lowest BCUT2D eigenvalue weighted by Gasteiger charge is -2.34. The number of amides is 2. The van der Waals surface area contributed by atoms with Gasteiger partial charge in [-0.1, -0.05) is 42.3 Å². The highest BCUT2D eigenvalue weighted by Gasteiger charge is 2.40. The van der Waals surface area contributed by atoms with Crippen LogP contribution >= 0.6 is 0 Å². The maximum absolute atomic E-state index is 13.4. The number of benzene rings is 2. The molecule has 2 amide bonds. The van der Waals surface area contributed by atoms with Gasteiger partial charge in [0.2, 0.25) is 21.8 Å². The van der Waals surface area contributed by atoms with Gasteiger partial charge < -0.3 is 15.5 Å². The Bertz CT molecular complexity index is 1290. The van der Waals surface area contributed by atoms with Crippen LogP contribution in [0.1, 0.15) is 66.8 Å². The second-order valence-electron chi connectivity index (χ2n) is 11.1. The average Bonchev–Trinajstić information content (AvgIpc) is 2.94. The number of sulfonamides is 1. The van der Waals surface area contributed by atoms with Gasteiger partial charge in [-0.2, -0.15) is 4.31 Å². The van der Waals surface area contributed by atoms with E-state index in [4.69, 9.17) is 0 Å². The minimum absolute atomic E-state index is 0.130. The lowest BCUT2D eigenvalue weighted by molar-refractivity contribution is -0.132. The topological polar surface area (TPSA) is 98.8 Å². The normalized spacial score (nSPS) is 22.6. The molecule has 2 fully saturated rings. The van der Waals surface area contributed by atoms with Crippen molar-refractivity contribution in [2.45, 2.75) is 75.3 Å². The third kappa shape index (κ3) is 6.53. The van der Waals surface area contributed by atoms with Crippen molar-refractivity contribution in [1.29, 1.82) is 0 Å². The predicted molar refractivity (Wildman–Crippen MR) is 151 cm³/mol. The van der Waals surface area contributed by atoms with E-state index in [1.165, 1.54) is 47.8 Å². The van der Waals surface area contributed by atoms with E-state index in [9.17, 15) is 18.0 Å². The van der Waals surface area contributed by atoms with Crippen LogP contribution < -0.4 is 10.6 Å². The van der Waals surface area contributed by atoms with Crippen molar-refractivity contribution in [3.05, 3.63) is 64.7 Å². The molecule has 2 atom stereocenters. The standard InChI is InChI=1S/C30H40N4O4S/c1-22-8-11-25(12-9-22)39(37,38)34-19-15-31-30(36)28(34)21-29(35)32-27-7-5-6-24-20-23(10-13-26(24)27)14-18-33-16-3-2-4-17-33/h8-13,20,27-28H,2-7,14-19,21H2,1H3,(H,31,36)(H,32,35). The number of hydrogen-bond donors (Lipinski definition) is 2. The van der Waals surface area contributed by atoms with Gasteiger partial charge in [0.15, 0.2) is 0 Å². The molecule has 2 aliphatic heterocycles. The molecule has 2 aromatic carbocycles. The zero-order valence-corrected chi connectivity index (χ0v) is 23.6. The first-order valence-electron chi connectivity index (χ1n) is 14.3. The smallest absolute Gasteiger partial charge is 0.243 e. The molecule has 5 rings (SSSR count). The van der Waals surface area contributed by atoms with E-state index in [-0.39, 0.29) is 36.4 Å². The third-order valence-electron chi connectivity index (χ3n) is 8.31. The highest BCUT2D eigenvalue weighted by atomic mass is 32.2. The van der Waals surface area contributed by atoms with E-state index >= 15 is 0 Å². The number of nitrogens with one attached hydrogen (secondary N) is 2. The summed E-state index contributed by atoms with van der Waals surface area (Å²) in [6.07, 6.45) is 7.55.